The lowest BCUT2D eigenvalue weighted by Gasteiger charge is -2.39. The maximum absolute atomic E-state index is 14.5. The van der Waals surface area contributed by atoms with E-state index < -0.39 is 11.3 Å². The van der Waals surface area contributed by atoms with E-state index in [0.29, 0.717) is 60.7 Å². The summed E-state index contributed by atoms with van der Waals surface area (Å²) in [7, 11) is 1.70. The van der Waals surface area contributed by atoms with Crippen LogP contribution in [0.1, 0.15) is 57.8 Å². The van der Waals surface area contributed by atoms with E-state index in [1.807, 2.05) is 30.0 Å². The average Bonchev–Trinajstić information content (AvgIpc) is 3.92. The zero-order valence-electron chi connectivity index (χ0n) is 27.9. The largest absolute Gasteiger partial charge is 0.496 e. The number of methoxy groups -OCH3 is 1. The van der Waals surface area contributed by atoms with E-state index in [9.17, 15) is 14.0 Å². The number of nitrogens with one attached hydrogen (secondary N) is 2. The fraction of sp³-hybridized carbons (Fsp3) is 0.289. The van der Waals surface area contributed by atoms with Crippen LogP contribution in [0.15, 0.2) is 70.0 Å². The number of amides is 1. The van der Waals surface area contributed by atoms with Crippen molar-refractivity contribution in [3.8, 4) is 27.6 Å². The zero-order chi connectivity index (χ0) is 34.9. The number of hydrogen-bond acceptors (Lipinski definition) is 10. The number of aromatic amines is 1. The fourth-order valence-electron chi connectivity index (χ4n) is 7.87. The van der Waals surface area contributed by atoms with Gasteiger partial charge in [-0.1, -0.05) is 24.3 Å². The highest BCUT2D eigenvalue weighted by atomic mass is 32.1. The number of aryl methyl sites for hydroxylation is 2. The highest BCUT2D eigenvalue weighted by Crippen LogP contribution is 2.50. The number of anilines is 1. The van der Waals surface area contributed by atoms with Gasteiger partial charge in [-0.15, -0.1) is 16.4 Å². The molecule has 0 radical (unpaired) electrons. The summed E-state index contributed by atoms with van der Waals surface area (Å²) in [5.74, 6) is 0.483. The molecule has 6 aromatic rings. The van der Waals surface area contributed by atoms with E-state index in [-0.39, 0.29) is 23.7 Å². The molecule has 4 aromatic heterocycles. The van der Waals surface area contributed by atoms with Crippen molar-refractivity contribution < 1.29 is 23.1 Å². The molecule has 2 aliphatic heterocycles. The van der Waals surface area contributed by atoms with Crippen molar-refractivity contribution in [2.45, 2.75) is 44.2 Å². The zero-order valence-corrected chi connectivity index (χ0v) is 28.7. The summed E-state index contributed by atoms with van der Waals surface area (Å²) in [4.78, 5) is 39.5. The molecule has 11 nitrogen and oxygen atoms in total. The summed E-state index contributed by atoms with van der Waals surface area (Å²) >= 11 is 1.51. The molecule has 1 aliphatic carbocycles. The Bertz CT molecular complexity index is 2400. The first-order valence-corrected chi connectivity index (χ1v) is 17.7. The van der Waals surface area contributed by atoms with Gasteiger partial charge in [-0.05, 0) is 85.0 Å². The highest BCUT2D eigenvalue weighted by Gasteiger charge is 2.52. The lowest BCUT2D eigenvalue weighted by Crippen LogP contribution is -2.50. The molecular formula is C38H33FN6O5S. The molecule has 2 atom stereocenters. The molecule has 1 fully saturated rings. The van der Waals surface area contributed by atoms with Crippen molar-refractivity contribution >= 4 is 33.1 Å². The van der Waals surface area contributed by atoms with E-state index in [2.05, 4.69) is 27.6 Å². The van der Waals surface area contributed by atoms with E-state index in [1.165, 1.54) is 34.6 Å². The number of morpholine rings is 1. The summed E-state index contributed by atoms with van der Waals surface area (Å²) in [6.45, 7) is 3.12. The van der Waals surface area contributed by atoms with Crippen molar-refractivity contribution in [2.75, 3.05) is 32.2 Å². The van der Waals surface area contributed by atoms with Crippen molar-refractivity contribution in [1.29, 1.82) is 0 Å². The molecule has 2 aromatic carbocycles. The van der Waals surface area contributed by atoms with Crippen LogP contribution in [0.5, 0.6) is 5.75 Å². The Hall–Kier alpha value is -5.40. The third-order valence-electron chi connectivity index (χ3n) is 10.3. The predicted octanol–water partition coefficient (Wildman–Crippen LogP) is 6.44. The number of aromatic nitrogens is 4. The summed E-state index contributed by atoms with van der Waals surface area (Å²) < 4.78 is 31.9. The number of carbonyl (C=O) groups is 1. The molecule has 0 spiro atoms. The van der Waals surface area contributed by atoms with Gasteiger partial charge in [0.2, 0.25) is 0 Å². The number of pyridine rings is 2. The van der Waals surface area contributed by atoms with Crippen LogP contribution in [0.4, 0.5) is 10.2 Å². The number of halogens is 1. The van der Waals surface area contributed by atoms with Crippen LogP contribution < -0.4 is 15.8 Å². The number of nitrogens with zero attached hydrogens (tertiary/aromatic N) is 4. The third-order valence-corrected chi connectivity index (χ3v) is 11.5. The number of H-pyrrole nitrogens is 1. The first-order chi connectivity index (χ1) is 24.8. The number of hydrogen-bond donors (Lipinski definition) is 2. The molecule has 2 N–H and O–H groups in total. The predicted molar refractivity (Wildman–Crippen MR) is 190 cm³/mol. The van der Waals surface area contributed by atoms with Gasteiger partial charge in [-0.2, -0.15) is 0 Å². The Kier molecular flexibility index (Phi) is 7.51. The SMILES string of the molecule is COc1cccc2c1CC[C@@H]2Nc1nccc2cc(-c3c4c(nc(CCc5ccc(F)cc5)c3-c3n[nH]c(=O)o3)C3(C)COCCN3C4=O)sc12. The Morgan fingerprint density at radius 3 is 2.78 bits per heavy atom. The highest BCUT2D eigenvalue weighted by molar-refractivity contribution is 7.23. The van der Waals surface area contributed by atoms with Crippen LogP contribution in [0.2, 0.25) is 0 Å². The second kappa shape index (κ2) is 12.1. The van der Waals surface area contributed by atoms with Gasteiger partial charge in [0.25, 0.3) is 11.8 Å². The minimum absolute atomic E-state index is 0.0453. The number of ether oxygens (including phenoxy) is 2. The molecule has 9 rings (SSSR count). The quantitative estimate of drug-likeness (QED) is 0.184. The van der Waals surface area contributed by atoms with Gasteiger partial charge in [0.05, 0.1) is 53.6 Å². The number of rotatable bonds is 8. The summed E-state index contributed by atoms with van der Waals surface area (Å²) in [5.41, 5.74) is 5.25. The Labute approximate surface area is 295 Å². The number of thiophene rings is 1. The van der Waals surface area contributed by atoms with Gasteiger partial charge in [0.15, 0.2) is 0 Å². The van der Waals surface area contributed by atoms with Crippen LogP contribution in [-0.2, 0) is 29.5 Å². The maximum atomic E-state index is 14.5. The van der Waals surface area contributed by atoms with Gasteiger partial charge in [-0.3, -0.25) is 9.78 Å². The fourth-order valence-corrected chi connectivity index (χ4v) is 9.03. The van der Waals surface area contributed by atoms with Crippen molar-refractivity contribution in [1.82, 2.24) is 25.1 Å². The minimum Gasteiger partial charge on any atom is -0.496 e. The molecule has 3 aliphatic rings. The number of benzene rings is 2. The van der Waals surface area contributed by atoms with Crippen molar-refractivity contribution in [3.63, 3.8) is 0 Å². The van der Waals surface area contributed by atoms with Crippen LogP contribution >= 0.6 is 11.3 Å². The number of fused-ring (bicyclic) bond motifs is 5. The first kappa shape index (κ1) is 31.6. The van der Waals surface area contributed by atoms with E-state index in [0.717, 1.165) is 44.9 Å². The normalized spacial score (nSPS) is 19.3. The van der Waals surface area contributed by atoms with Crippen molar-refractivity contribution in [3.05, 3.63) is 111 Å². The molecule has 51 heavy (non-hydrogen) atoms. The third kappa shape index (κ3) is 5.13. The lowest BCUT2D eigenvalue weighted by molar-refractivity contribution is -0.0416. The Morgan fingerprint density at radius 1 is 1.12 bits per heavy atom. The maximum Gasteiger partial charge on any atom is 0.434 e. The molecule has 1 amide bonds. The smallest absolute Gasteiger partial charge is 0.434 e. The summed E-state index contributed by atoms with van der Waals surface area (Å²) in [5, 5.41) is 11.3. The van der Waals surface area contributed by atoms with Gasteiger partial charge in [0.1, 0.15) is 22.9 Å². The van der Waals surface area contributed by atoms with Gasteiger partial charge in [-0.25, -0.2) is 19.3 Å². The Balaban J connectivity index is 1.23. The minimum atomic E-state index is -0.795. The lowest BCUT2D eigenvalue weighted by atomic mass is 9.90. The van der Waals surface area contributed by atoms with Crippen molar-refractivity contribution in [2.24, 2.45) is 0 Å². The van der Waals surface area contributed by atoms with E-state index in [1.54, 1.807) is 25.4 Å². The van der Waals surface area contributed by atoms with Crippen LogP contribution in [0.25, 0.3) is 32.0 Å². The molecule has 6 heterocycles. The molecule has 1 unspecified atom stereocenters. The summed E-state index contributed by atoms with van der Waals surface area (Å²) in [6, 6.07) is 16.5. The Morgan fingerprint density at radius 2 is 1.98 bits per heavy atom. The standard InChI is InChI=1S/C38H33FN6O5S/c1-38-19-49-17-16-45(38)36(46)31-30(29(35-43-44-37(47)50-35)26(41-33(31)38)12-8-20-6-9-22(39)10-7-20)28-18-21-14-15-40-34(32(21)51-28)42-25-13-11-24-23(25)4-3-5-27(24)48-2/h3-7,9-10,14-15,18,25H,8,11-13,16-17,19H2,1-2H3,(H,40,42)(H,44,47)/t25-,38?/m0/s1. The van der Waals surface area contributed by atoms with Gasteiger partial charge in [0, 0.05) is 23.2 Å². The van der Waals surface area contributed by atoms with Crippen LogP contribution in [-0.4, -0.2) is 57.8 Å². The monoisotopic (exact) mass is 704 g/mol. The molecular weight excluding hydrogens is 672 g/mol. The average molecular weight is 705 g/mol. The van der Waals surface area contributed by atoms with E-state index in [4.69, 9.17) is 23.9 Å². The van der Waals surface area contributed by atoms with Crippen LogP contribution in [0, 0.1) is 5.82 Å². The molecule has 1 saturated heterocycles. The van der Waals surface area contributed by atoms with Gasteiger partial charge < -0.3 is 24.1 Å². The second-order valence-corrected chi connectivity index (χ2v) is 14.4. The molecule has 0 saturated carbocycles. The first-order valence-electron chi connectivity index (χ1n) is 16.9. The molecule has 0 bridgehead atoms. The van der Waals surface area contributed by atoms with Gasteiger partial charge >= 0.3 is 5.76 Å². The van der Waals surface area contributed by atoms with Crippen LogP contribution in [0.3, 0.4) is 0 Å². The molecule has 258 valence electrons. The summed E-state index contributed by atoms with van der Waals surface area (Å²) in [6.07, 6.45) is 4.51. The second-order valence-electron chi connectivity index (χ2n) is 13.3. The number of carbonyl (C=O) groups excluding carboxylic acids is 1. The molecule has 13 heteroatoms. The van der Waals surface area contributed by atoms with E-state index >= 15 is 0 Å². The topological polar surface area (TPSA) is 135 Å².